The van der Waals surface area contributed by atoms with Crippen LogP contribution in [0.4, 0.5) is 5.69 Å². The molecule has 1 N–H and O–H groups in total. The maximum atomic E-state index is 13.0. The molecule has 3 rings (SSSR count). The van der Waals surface area contributed by atoms with Gasteiger partial charge in [0.15, 0.2) is 0 Å². The summed E-state index contributed by atoms with van der Waals surface area (Å²) in [7, 11) is -3.64. The van der Waals surface area contributed by atoms with Gasteiger partial charge < -0.3 is 19.7 Å². The second kappa shape index (κ2) is 9.98. The fraction of sp³-hybridized carbons (Fsp3) is 0.667. The molecule has 168 valence electrons. The van der Waals surface area contributed by atoms with Gasteiger partial charge in [0.2, 0.25) is 15.9 Å². The van der Waals surface area contributed by atoms with Gasteiger partial charge in [0.05, 0.1) is 36.4 Å². The molecule has 1 aromatic carbocycles. The van der Waals surface area contributed by atoms with Crippen LogP contribution in [0.5, 0.6) is 5.75 Å². The largest absolute Gasteiger partial charge is 0.489 e. The molecule has 2 fully saturated rings. The van der Waals surface area contributed by atoms with Gasteiger partial charge in [0.25, 0.3) is 0 Å². The van der Waals surface area contributed by atoms with Gasteiger partial charge in [0.1, 0.15) is 5.75 Å². The minimum absolute atomic E-state index is 0.0131. The van der Waals surface area contributed by atoms with Crippen LogP contribution in [0.3, 0.4) is 0 Å². The summed E-state index contributed by atoms with van der Waals surface area (Å²) in [5.41, 5.74) is 0.510. The first-order valence-corrected chi connectivity index (χ1v) is 12.1. The number of piperidine rings is 1. The number of nitrogens with zero attached hydrogens (tertiary/aromatic N) is 2. The third-order valence-corrected chi connectivity index (χ3v) is 7.37. The molecule has 8 nitrogen and oxygen atoms in total. The standard InChI is InChI=1S/C21H33N3O5S/c1-16(2)29-20-8-7-18(30(26,27)23-10-12-28-13-11-23)14-19(20)22-15-21(25)24-9-5-4-6-17(24)3/h7-8,14,16-17,22H,4-6,9-13,15H2,1-3H3. The molecule has 9 heteroatoms. The van der Waals surface area contributed by atoms with Crippen molar-refractivity contribution in [2.45, 2.75) is 57.1 Å². The highest BCUT2D eigenvalue weighted by Gasteiger charge is 2.28. The van der Waals surface area contributed by atoms with Crippen molar-refractivity contribution >= 4 is 21.6 Å². The van der Waals surface area contributed by atoms with Crippen molar-refractivity contribution in [2.24, 2.45) is 0 Å². The van der Waals surface area contributed by atoms with Gasteiger partial charge in [-0.3, -0.25) is 4.79 Å². The fourth-order valence-corrected chi connectivity index (χ4v) is 5.28. The first-order chi connectivity index (χ1) is 14.3. The van der Waals surface area contributed by atoms with Gasteiger partial charge in [0, 0.05) is 25.7 Å². The number of carbonyl (C=O) groups is 1. The zero-order valence-corrected chi connectivity index (χ0v) is 18.9. The summed E-state index contributed by atoms with van der Waals surface area (Å²) in [5.74, 6) is 0.546. The molecule has 30 heavy (non-hydrogen) atoms. The molecule has 2 heterocycles. The highest BCUT2D eigenvalue weighted by molar-refractivity contribution is 7.89. The van der Waals surface area contributed by atoms with Crippen LogP contribution in [0.15, 0.2) is 23.1 Å². The smallest absolute Gasteiger partial charge is 0.243 e. The van der Waals surface area contributed by atoms with Gasteiger partial charge in [-0.25, -0.2) is 8.42 Å². The highest BCUT2D eigenvalue weighted by Crippen LogP contribution is 2.30. The summed E-state index contributed by atoms with van der Waals surface area (Å²) in [6.07, 6.45) is 3.10. The van der Waals surface area contributed by atoms with E-state index >= 15 is 0 Å². The topological polar surface area (TPSA) is 88.2 Å². The Kier molecular flexibility index (Phi) is 7.60. The van der Waals surface area contributed by atoms with Crippen molar-refractivity contribution in [3.05, 3.63) is 18.2 Å². The average molecular weight is 440 g/mol. The first kappa shape index (κ1) is 22.8. The molecule has 1 aromatic rings. The van der Waals surface area contributed by atoms with Crippen molar-refractivity contribution in [1.29, 1.82) is 0 Å². The van der Waals surface area contributed by atoms with E-state index in [1.807, 2.05) is 18.7 Å². The molecule has 0 saturated carbocycles. The number of anilines is 1. The van der Waals surface area contributed by atoms with Crippen LogP contribution < -0.4 is 10.1 Å². The van der Waals surface area contributed by atoms with E-state index in [9.17, 15) is 13.2 Å². The Morgan fingerprint density at radius 1 is 1.23 bits per heavy atom. The van der Waals surface area contributed by atoms with E-state index in [2.05, 4.69) is 12.2 Å². The first-order valence-electron chi connectivity index (χ1n) is 10.7. The summed E-state index contributed by atoms with van der Waals surface area (Å²) >= 11 is 0. The number of nitrogens with one attached hydrogen (secondary N) is 1. The van der Waals surface area contributed by atoms with E-state index in [1.54, 1.807) is 18.2 Å². The summed E-state index contributed by atoms with van der Waals surface area (Å²) in [5, 5.41) is 3.13. The molecule has 1 unspecified atom stereocenters. The molecule has 0 radical (unpaired) electrons. The molecule has 2 aliphatic heterocycles. The van der Waals surface area contributed by atoms with Crippen LogP contribution in [0.2, 0.25) is 0 Å². The van der Waals surface area contributed by atoms with Crippen LogP contribution in [0.25, 0.3) is 0 Å². The van der Waals surface area contributed by atoms with Gasteiger partial charge in [-0.2, -0.15) is 4.31 Å². The summed E-state index contributed by atoms with van der Waals surface area (Å²) in [4.78, 5) is 14.8. The Labute approximate surface area is 179 Å². The minimum Gasteiger partial charge on any atom is -0.489 e. The average Bonchev–Trinajstić information content (AvgIpc) is 2.73. The van der Waals surface area contributed by atoms with E-state index < -0.39 is 10.0 Å². The number of amides is 1. The number of hydrogen-bond acceptors (Lipinski definition) is 6. The van der Waals surface area contributed by atoms with E-state index in [-0.39, 0.29) is 29.5 Å². The Bertz CT molecular complexity index is 837. The Balaban J connectivity index is 1.79. The normalized spacial score (nSPS) is 20.9. The molecular weight excluding hydrogens is 406 g/mol. The Morgan fingerprint density at radius 2 is 1.97 bits per heavy atom. The van der Waals surface area contributed by atoms with Gasteiger partial charge in [-0.05, 0) is 58.2 Å². The van der Waals surface area contributed by atoms with Crippen molar-refractivity contribution in [3.8, 4) is 5.75 Å². The van der Waals surface area contributed by atoms with Crippen molar-refractivity contribution < 1.29 is 22.7 Å². The zero-order valence-electron chi connectivity index (χ0n) is 18.1. The maximum absolute atomic E-state index is 13.0. The number of benzene rings is 1. The molecule has 2 saturated heterocycles. The number of rotatable bonds is 7. The van der Waals surface area contributed by atoms with Gasteiger partial charge in [-0.1, -0.05) is 0 Å². The zero-order chi connectivity index (χ0) is 21.7. The van der Waals surface area contributed by atoms with Gasteiger partial charge >= 0.3 is 0 Å². The lowest BCUT2D eigenvalue weighted by Crippen LogP contribution is -2.44. The van der Waals surface area contributed by atoms with Crippen LogP contribution >= 0.6 is 0 Å². The number of sulfonamides is 1. The van der Waals surface area contributed by atoms with Crippen LogP contribution in [-0.4, -0.2) is 75.1 Å². The maximum Gasteiger partial charge on any atom is 0.243 e. The van der Waals surface area contributed by atoms with Crippen molar-refractivity contribution in [1.82, 2.24) is 9.21 Å². The molecule has 1 amide bonds. The SMILES string of the molecule is CC(C)Oc1ccc(S(=O)(=O)N2CCOCC2)cc1NCC(=O)N1CCCCC1C. The highest BCUT2D eigenvalue weighted by atomic mass is 32.2. The second-order valence-corrected chi connectivity index (χ2v) is 10.1. The molecule has 1 atom stereocenters. The monoisotopic (exact) mass is 439 g/mol. The van der Waals surface area contributed by atoms with Gasteiger partial charge in [-0.15, -0.1) is 0 Å². The van der Waals surface area contributed by atoms with Crippen LogP contribution in [0, 0.1) is 0 Å². The van der Waals surface area contributed by atoms with E-state index in [4.69, 9.17) is 9.47 Å². The van der Waals surface area contributed by atoms with Crippen LogP contribution in [-0.2, 0) is 19.6 Å². The lowest BCUT2D eigenvalue weighted by Gasteiger charge is -2.33. The Morgan fingerprint density at radius 3 is 2.63 bits per heavy atom. The number of ether oxygens (including phenoxy) is 2. The minimum atomic E-state index is -3.64. The number of hydrogen-bond donors (Lipinski definition) is 1. The predicted octanol–water partition coefficient (Wildman–Crippen LogP) is 2.31. The van der Waals surface area contributed by atoms with E-state index in [0.29, 0.717) is 37.7 Å². The molecule has 0 spiro atoms. The fourth-order valence-electron chi connectivity index (χ4n) is 3.84. The Hall–Kier alpha value is -1.84. The van der Waals surface area contributed by atoms with Crippen molar-refractivity contribution in [3.63, 3.8) is 0 Å². The summed E-state index contributed by atoms with van der Waals surface area (Å²) in [6.45, 7) is 8.19. The second-order valence-electron chi connectivity index (χ2n) is 8.13. The molecule has 0 aliphatic carbocycles. The lowest BCUT2D eigenvalue weighted by molar-refractivity contribution is -0.132. The predicted molar refractivity (Wildman–Crippen MR) is 115 cm³/mol. The van der Waals surface area contributed by atoms with Crippen LogP contribution in [0.1, 0.15) is 40.0 Å². The number of likely N-dealkylation sites (tertiary alicyclic amines) is 1. The van der Waals surface area contributed by atoms with E-state index in [0.717, 1.165) is 25.8 Å². The number of morpholine rings is 1. The van der Waals surface area contributed by atoms with Crippen molar-refractivity contribution in [2.75, 3.05) is 44.7 Å². The molecule has 0 bridgehead atoms. The quantitative estimate of drug-likeness (QED) is 0.701. The third-order valence-electron chi connectivity index (χ3n) is 5.47. The van der Waals surface area contributed by atoms with E-state index in [1.165, 1.54) is 4.31 Å². The molecule has 0 aromatic heterocycles. The number of carbonyl (C=O) groups excluding carboxylic acids is 1. The lowest BCUT2D eigenvalue weighted by atomic mass is 10.0. The molecular formula is C21H33N3O5S. The summed E-state index contributed by atoms with van der Waals surface area (Å²) in [6, 6.07) is 5.01. The molecule has 2 aliphatic rings. The third kappa shape index (κ3) is 5.44. The summed E-state index contributed by atoms with van der Waals surface area (Å²) < 4.78 is 38.6.